The number of hydrogen-bond donors (Lipinski definition) is 1. The van der Waals surface area contributed by atoms with Crippen LogP contribution in [-0.4, -0.2) is 19.1 Å². The molecule has 18 heavy (non-hydrogen) atoms. The molecule has 0 atom stereocenters. The largest absolute Gasteiger partial charge is 0.573 e. The molecule has 0 amide bonds. The van der Waals surface area contributed by atoms with Gasteiger partial charge in [0.2, 0.25) is 0 Å². The second-order valence-corrected chi connectivity index (χ2v) is 3.34. The Hall–Kier alpha value is -1.60. The summed E-state index contributed by atoms with van der Waals surface area (Å²) in [7, 11) is 0. The first-order valence-corrected chi connectivity index (χ1v) is 4.83. The average Bonchev–Trinajstić information content (AvgIpc) is 2.16. The first-order valence-electron chi connectivity index (χ1n) is 4.83. The van der Waals surface area contributed by atoms with E-state index in [4.69, 9.17) is 0 Å². The molecule has 1 rings (SSSR count). The van der Waals surface area contributed by atoms with Gasteiger partial charge in [0.15, 0.2) is 5.75 Å². The van der Waals surface area contributed by atoms with Crippen molar-refractivity contribution in [2.24, 2.45) is 0 Å². The fourth-order valence-corrected chi connectivity index (χ4v) is 1.17. The summed E-state index contributed by atoms with van der Waals surface area (Å²) in [6.45, 7) is -0.526. The van der Waals surface area contributed by atoms with Crippen LogP contribution in [0.15, 0.2) is 24.3 Å². The minimum absolute atomic E-state index is 0.140. The van der Waals surface area contributed by atoms with Gasteiger partial charge >= 0.3 is 12.5 Å². The second kappa shape index (κ2) is 5.36. The van der Waals surface area contributed by atoms with Crippen molar-refractivity contribution >= 4 is 5.69 Å². The Morgan fingerprint density at radius 1 is 1.00 bits per heavy atom. The van der Waals surface area contributed by atoms with Crippen LogP contribution in [0, 0.1) is 0 Å². The summed E-state index contributed by atoms with van der Waals surface area (Å²) < 4.78 is 75.3. The molecule has 0 heterocycles. The fourth-order valence-electron chi connectivity index (χ4n) is 1.17. The lowest BCUT2D eigenvalue weighted by atomic mass is 10.3. The van der Waals surface area contributed by atoms with Crippen LogP contribution in [0.4, 0.5) is 32.0 Å². The number of anilines is 1. The van der Waals surface area contributed by atoms with E-state index in [-0.39, 0.29) is 5.69 Å². The first-order chi connectivity index (χ1) is 8.17. The maximum Gasteiger partial charge on any atom is 0.573 e. The predicted molar refractivity (Wildman–Crippen MR) is 52.3 cm³/mol. The van der Waals surface area contributed by atoms with E-state index in [9.17, 15) is 26.3 Å². The van der Waals surface area contributed by atoms with E-state index in [1.165, 1.54) is 18.2 Å². The lowest BCUT2D eigenvalue weighted by Crippen LogP contribution is -2.19. The van der Waals surface area contributed by atoms with Crippen LogP contribution < -0.4 is 10.1 Å². The van der Waals surface area contributed by atoms with Crippen LogP contribution in [0.1, 0.15) is 6.42 Å². The van der Waals surface area contributed by atoms with E-state index in [2.05, 4.69) is 10.1 Å². The van der Waals surface area contributed by atoms with Gasteiger partial charge in [-0.25, -0.2) is 0 Å². The summed E-state index contributed by atoms with van der Waals surface area (Å²) in [4.78, 5) is 0. The van der Waals surface area contributed by atoms with E-state index < -0.39 is 31.3 Å². The average molecular weight is 273 g/mol. The molecule has 0 aliphatic carbocycles. The van der Waals surface area contributed by atoms with E-state index >= 15 is 0 Å². The lowest BCUT2D eigenvalue weighted by molar-refractivity contribution is -0.274. The number of benzene rings is 1. The number of rotatable bonds is 4. The van der Waals surface area contributed by atoms with E-state index in [1.807, 2.05) is 0 Å². The van der Waals surface area contributed by atoms with E-state index in [0.717, 1.165) is 6.07 Å². The standard InChI is InChI=1S/C10H9F6NO/c11-9(12,13)5-6-17-7-3-1-2-4-8(7)18-10(14,15)16/h1-4,17H,5-6H2. The van der Waals surface area contributed by atoms with Gasteiger partial charge in [-0.05, 0) is 12.1 Å². The van der Waals surface area contributed by atoms with Crippen molar-refractivity contribution in [2.75, 3.05) is 11.9 Å². The normalized spacial score (nSPS) is 12.3. The number of alkyl halides is 6. The Balaban J connectivity index is 2.65. The number of ether oxygens (including phenoxy) is 1. The molecule has 102 valence electrons. The third-order valence-corrected chi connectivity index (χ3v) is 1.84. The molecule has 0 aliphatic rings. The summed E-state index contributed by atoms with van der Waals surface area (Å²) in [5.74, 6) is -0.563. The quantitative estimate of drug-likeness (QED) is 0.839. The smallest absolute Gasteiger partial charge is 0.404 e. The Kier molecular flexibility index (Phi) is 4.31. The fraction of sp³-hybridized carbons (Fsp3) is 0.400. The van der Waals surface area contributed by atoms with Gasteiger partial charge in [0, 0.05) is 6.54 Å². The molecular weight excluding hydrogens is 264 g/mol. The SMILES string of the molecule is FC(F)(F)CCNc1ccccc1OC(F)(F)F. The molecular formula is C10H9F6NO. The Labute approximate surface area is 98.5 Å². The van der Waals surface area contributed by atoms with Gasteiger partial charge in [-0.15, -0.1) is 13.2 Å². The van der Waals surface area contributed by atoms with Crippen molar-refractivity contribution in [1.82, 2.24) is 0 Å². The van der Waals surface area contributed by atoms with Crippen LogP contribution in [0.5, 0.6) is 5.75 Å². The van der Waals surface area contributed by atoms with Crippen molar-refractivity contribution < 1.29 is 31.1 Å². The topological polar surface area (TPSA) is 21.3 Å². The molecule has 8 heteroatoms. The summed E-state index contributed by atoms with van der Waals surface area (Å²) in [5, 5.41) is 2.25. The first kappa shape index (κ1) is 14.5. The van der Waals surface area contributed by atoms with Crippen molar-refractivity contribution in [3.8, 4) is 5.75 Å². The maximum absolute atomic E-state index is 12.0. The monoisotopic (exact) mass is 273 g/mol. The third-order valence-electron chi connectivity index (χ3n) is 1.84. The van der Waals surface area contributed by atoms with Crippen molar-refractivity contribution in [2.45, 2.75) is 19.0 Å². The predicted octanol–water partition coefficient (Wildman–Crippen LogP) is 3.95. The molecule has 0 unspecified atom stereocenters. The van der Waals surface area contributed by atoms with Crippen LogP contribution in [0.2, 0.25) is 0 Å². The third kappa shape index (κ3) is 5.65. The second-order valence-electron chi connectivity index (χ2n) is 3.34. The molecule has 2 nitrogen and oxygen atoms in total. The highest BCUT2D eigenvalue weighted by atomic mass is 19.4. The minimum Gasteiger partial charge on any atom is -0.404 e. The summed E-state index contributed by atoms with van der Waals surface area (Å²) in [6.07, 6.45) is -10.4. The molecule has 1 N–H and O–H groups in total. The van der Waals surface area contributed by atoms with Gasteiger partial charge in [0.05, 0.1) is 12.1 Å². The highest BCUT2D eigenvalue weighted by Gasteiger charge is 2.32. The van der Waals surface area contributed by atoms with Gasteiger partial charge in [0.25, 0.3) is 0 Å². The number of halogens is 6. The molecule has 0 fully saturated rings. The van der Waals surface area contributed by atoms with Crippen LogP contribution in [0.3, 0.4) is 0 Å². The zero-order valence-corrected chi connectivity index (χ0v) is 8.90. The minimum atomic E-state index is -4.89. The van der Waals surface area contributed by atoms with Crippen LogP contribution in [0.25, 0.3) is 0 Å². The highest BCUT2D eigenvalue weighted by Crippen LogP contribution is 2.30. The number of nitrogens with one attached hydrogen (secondary N) is 1. The van der Waals surface area contributed by atoms with Gasteiger partial charge in [-0.3, -0.25) is 0 Å². The maximum atomic E-state index is 12.0. The molecule has 0 radical (unpaired) electrons. The molecule has 1 aromatic carbocycles. The van der Waals surface area contributed by atoms with E-state index in [1.54, 1.807) is 0 Å². The molecule has 0 aliphatic heterocycles. The van der Waals surface area contributed by atoms with Crippen molar-refractivity contribution in [3.05, 3.63) is 24.3 Å². The Morgan fingerprint density at radius 2 is 1.61 bits per heavy atom. The van der Waals surface area contributed by atoms with Crippen molar-refractivity contribution in [3.63, 3.8) is 0 Å². The van der Waals surface area contributed by atoms with Crippen LogP contribution in [-0.2, 0) is 0 Å². The highest BCUT2D eigenvalue weighted by molar-refractivity contribution is 5.56. The molecule has 0 saturated heterocycles. The Bertz CT molecular complexity index is 387. The van der Waals surface area contributed by atoms with E-state index in [0.29, 0.717) is 0 Å². The summed E-state index contributed by atoms with van der Waals surface area (Å²) in [6, 6.07) is 4.90. The zero-order chi connectivity index (χ0) is 13.8. The molecule has 0 spiro atoms. The summed E-state index contributed by atoms with van der Waals surface area (Å²) in [5.41, 5.74) is -0.140. The van der Waals surface area contributed by atoms with Crippen molar-refractivity contribution in [1.29, 1.82) is 0 Å². The van der Waals surface area contributed by atoms with Gasteiger partial charge in [-0.2, -0.15) is 13.2 Å². The van der Waals surface area contributed by atoms with Crippen LogP contribution >= 0.6 is 0 Å². The molecule has 0 aromatic heterocycles. The van der Waals surface area contributed by atoms with Gasteiger partial charge in [0.1, 0.15) is 0 Å². The number of para-hydroxylation sites is 2. The molecule has 1 aromatic rings. The Morgan fingerprint density at radius 3 is 2.17 bits per heavy atom. The van der Waals surface area contributed by atoms with Gasteiger partial charge < -0.3 is 10.1 Å². The van der Waals surface area contributed by atoms with Gasteiger partial charge in [-0.1, -0.05) is 12.1 Å². The molecule has 0 saturated carbocycles. The lowest BCUT2D eigenvalue weighted by Gasteiger charge is -2.14. The summed E-state index contributed by atoms with van der Waals surface area (Å²) >= 11 is 0. The number of hydrogen-bond acceptors (Lipinski definition) is 2. The zero-order valence-electron chi connectivity index (χ0n) is 8.90. The molecule has 0 bridgehead atoms.